The predicted molar refractivity (Wildman–Crippen MR) is 67.8 cm³/mol. The predicted octanol–water partition coefficient (Wildman–Crippen LogP) is 4.84. The van der Waals surface area contributed by atoms with Crippen molar-refractivity contribution in [2.45, 2.75) is 47.5 Å². The zero-order valence-corrected chi connectivity index (χ0v) is 11.3. The van der Waals surface area contributed by atoms with Crippen molar-refractivity contribution in [3.8, 4) is 6.07 Å². The molecule has 0 unspecified atom stereocenters. The Balaban J connectivity index is 0. The van der Waals surface area contributed by atoms with Gasteiger partial charge in [-0.05, 0) is 24.1 Å². The monoisotopic (exact) mass is 241 g/mol. The smallest absolute Gasteiger partial charge is 0.144 e. The van der Waals surface area contributed by atoms with Crippen LogP contribution in [0.2, 0.25) is 0 Å². The second-order valence-corrected chi connectivity index (χ2v) is 3.11. The zero-order chi connectivity index (χ0) is 13.8. The van der Waals surface area contributed by atoms with Gasteiger partial charge in [0.1, 0.15) is 23.3 Å². The molecule has 0 aliphatic heterocycles. The summed E-state index contributed by atoms with van der Waals surface area (Å²) in [5.74, 6) is -1.57. The lowest BCUT2D eigenvalue weighted by Crippen LogP contribution is -1.93. The lowest BCUT2D eigenvalue weighted by Gasteiger charge is -1.99. The first-order chi connectivity index (χ1) is 8.10. The summed E-state index contributed by atoms with van der Waals surface area (Å²) in [5, 5.41) is 8.33. The largest absolute Gasteiger partial charge is 0.205 e. The molecule has 0 saturated carbocycles. The van der Waals surface area contributed by atoms with Gasteiger partial charge in [-0.1, -0.05) is 41.0 Å². The van der Waals surface area contributed by atoms with E-state index in [1.54, 1.807) is 6.92 Å². The molecule has 96 valence electrons. The topological polar surface area (TPSA) is 23.8 Å². The molecule has 0 spiro atoms. The summed E-state index contributed by atoms with van der Waals surface area (Å²) in [5.41, 5.74) is 0.0520. The van der Waals surface area contributed by atoms with E-state index in [1.807, 2.05) is 13.8 Å². The molecule has 0 aliphatic carbocycles. The van der Waals surface area contributed by atoms with Crippen LogP contribution >= 0.6 is 0 Å². The van der Waals surface area contributed by atoms with Crippen molar-refractivity contribution >= 4 is 0 Å². The van der Waals surface area contributed by atoms with Crippen molar-refractivity contribution in [3.63, 3.8) is 0 Å². The van der Waals surface area contributed by atoms with Crippen LogP contribution in [0, 0.1) is 23.0 Å². The third-order valence-corrected chi connectivity index (χ3v) is 1.62. The minimum atomic E-state index is -0.783. The van der Waals surface area contributed by atoms with Crippen LogP contribution < -0.4 is 0 Å². The van der Waals surface area contributed by atoms with E-state index >= 15 is 0 Å². The highest BCUT2D eigenvalue weighted by Crippen LogP contribution is 2.14. The van der Waals surface area contributed by atoms with Gasteiger partial charge in [0.25, 0.3) is 0 Å². The molecule has 1 aromatic carbocycles. The molecule has 3 heteroatoms. The van der Waals surface area contributed by atoms with Gasteiger partial charge in [0.15, 0.2) is 0 Å². The molecule has 1 nitrogen and oxygen atoms in total. The minimum absolute atomic E-state index is 0.507. The molecular weight excluding hydrogens is 220 g/mol. The molecular formula is C14H21F2N. The van der Waals surface area contributed by atoms with Crippen molar-refractivity contribution in [1.29, 1.82) is 5.26 Å². The summed E-state index contributed by atoms with van der Waals surface area (Å²) in [7, 11) is 0. The second kappa shape index (κ2) is 11.1. The third-order valence-electron chi connectivity index (χ3n) is 1.62. The van der Waals surface area contributed by atoms with Crippen LogP contribution in [0.3, 0.4) is 0 Å². The van der Waals surface area contributed by atoms with E-state index in [0.717, 1.165) is 0 Å². The highest BCUT2D eigenvalue weighted by Gasteiger charge is 2.08. The Kier molecular flexibility index (Phi) is 11.7. The van der Waals surface area contributed by atoms with Crippen molar-refractivity contribution < 1.29 is 8.78 Å². The van der Waals surface area contributed by atoms with E-state index in [9.17, 15) is 8.78 Å². The molecule has 0 heterocycles. The Morgan fingerprint density at radius 1 is 1.06 bits per heavy atom. The van der Waals surface area contributed by atoms with E-state index in [2.05, 4.69) is 13.8 Å². The maximum atomic E-state index is 12.8. The highest BCUT2D eigenvalue weighted by molar-refractivity contribution is 5.35. The quantitative estimate of drug-likeness (QED) is 0.690. The lowest BCUT2D eigenvalue weighted by atomic mass is 10.1. The van der Waals surface area contributed by atoms with Crippen LogP contribution in [-0.2, 0) is 6.42 Å². The van der Waals surface area contributed by atoms with Crippen molar-refractivity contribution in [1.82, 2.24) is 0 Å². The van der Waals surface area contributed by atoms with E-state index < -0.39 is 17.2 Å². The molecule has 17 heavy (non-hydrogen) atoms. The number of benzene rings is 1. The highest BCUT2D eigenvalue weighted by atomic mass is 19.1. The first kappa shape index (κ1) is 17.9. The normalized spacial score (nSPS) is 8.12. The van der Waals surface area contributed by atoms with Crippen LogP contribution in [0.4, 0.5) is 8.78 Å². The molecule has 0 saturated heterocycles. The fraction of sp³-hybridized carbons (Fsp3) is 0.500. The number of aryl methyl sites for hydroxylation is 1. The Bertz CT molecular complexity index is 331. The van der Waals surface area contributed by atoms with Gasteiger partial charge >= 0.3 is 0 Å². The SMILES string of the molecule is CC.CCC.CCc1cc(F)c(C#N)c(F)c1. The van der Waals surface area contributed by atoms with Gasteiger partial charge in [-0.25, -0.2) is 8.78 Å². The summed E-state index contributed by atoms with van der Waals surface area (Å²) in [6, 6.07) is 3.83. The Hall–Kier alpha value is -1.43. The fourth-order valence-electron chi connectivity index (χ4n) is 0.937. The number of hydrogen-bond donors (Lipinski definition) is 0. The van der Waals surface area contributed by atoms with E-state index in [0.29, 0.717) is 12.0 Å². The average molecular weight is 241 g/mol. The first-order valence-corrected chi connectivity index (χ1v) is 5.98. The van der Waals surface area contributed by atoms with Crippen molar-refractivity contribution in [3.05, 3.63) is 34.9 Å². The number of halogens is 2. The average Bonchev–Trinajstić information content (AvgIpc) is 2.32. The van der Waals surface area contributed by atoms with Gasteiger partial charge in [-0.15, -0.1) is 0 Å². The summed E-state index contributed by atoms with van der Waals surface area (Å²) < 4.78 is 25.7. The number of hydrogen-bond acceptors (Lipinski definition) is 1. The summed E-state index contributed by atoms with van der Waals surface area (Å²) in [4.78, 5) is 0. The molecule has 0 N–H and O–H groups in total. The van der Waals surface area contributed by atoms with Crippen LogP contribution in [0.5, 0.6) is 0 Å². The zero-order valence-electron chi connectivity index (χ0n) is 11.3. The van der Waals surface area contributed by atoms with E-state index in [-0.39, 0.29) is 0 Å². The Labute approximate surface area is 103 Å². The Morgan fingerprint density at radius 2 is 1.41 bits per heavy atom. The molecule has 0 atom stereocenters. The van der Waals surface area contributed by atoms with Gasteiger partial charge in [0, 0.05) is 0 Å². The van der Waals surface area contributed by atoms with Gasteiger partial charge in [0.2, 0.25) is 0 Å². The maximum Gasteiger partial charge on any atom is 0.144 e. The number of nitrogens with zero attached hydrogens (tertiary/aromatic N) is 1. The molecule has 0 bridgehead atoms. The molecule has 1 rings (SSSR count). The first-order valence-electron chi connectivity index (χ1n) is 5.98. The standard InChI is InChI=1S/C9H7F2N.C3H8.C2H6/c1-2-6-3-8(10)7(5-12)9(11)4-6;1-3-2;1-2/h3-4H,2H2,1H3;3H2,1-2H3;1-2H3. The Morgan fingerprint density at radius 3 is 1.65 bits per heavy atom. The molecule has 0 aromatic heterocycles. The van der Waals surface area contributed by atoms with Crippen molar-refractivity contribution in [2.75, 3.05) is 0 Å². The van der Waals surface area contributed by atoms with Crippen LogP contribution in [0.1, 0.15) is 52.2 Å². The van der Waals surface area contributed by atoms with Gasteiger partial charge in [0.05, 0.1) is 0 Å². The van der Waals surface area contributed by atoms with E-state index in [1.165, 1.54) is 24.6 Å². The van der Waals surface area contributed by atoms with Crippen LogP contribution in [-0.4, -0.2) is 0 Å². The second-order valence-electron chi connectivity index (χ2n) is 3.11. The molecule has 0 fully saturated rings. The molecule has 1 aromatic rings. The van der Waals surface area contributed by atoms with Gasteiger partial charge in [-0.2, -0.15) is 5.26 Å². The summed E-state index contributed by atoms with van der Waals surface area (Å²) in [6.45, 7) is 10.0. The van der Waals surface area contributed by atoms with Crippen molar-refractivity contribution in [2.24, 2.45) is 0 Å². The minimum Gasteiger partial charge on any atom is -0.205 e. The van der Waals surface area contributed by atoms with E-state index in [4.69, 9.17) is 5.26 Å². The molecule has 0 radical (unpaired) electrons. The molecule has 0 aliphatic rings. The van der Waals surface area contributed by atoms with Crippen LogP contribution in [0.25, 0.3) is 0 Å². The fourth-order valence-corrected chi connectivity index (χ4v) is 0.937. The van der Waals surface area contributed by atoms with Gasteiger partial charge in [-0.3, -0.25) is 0 Å². The lowest BCUT2D eigenvalue weighted by molar-refractivity contribution is 0.573. The molecule has 0 amide bonds. The third kappa shape index (κ3) is 6.68. The summed E-state index contributed by atoms with van der Waals surface area (Å²) in [6.07, 6.45) is 1.81. The number of rotatable bonds is 1. The summed E-state index contributed by atoms with van der Waals surface area (Å²) >= 11 is 0. The number of nitriles is 1. The maximum absolute atomic E-state index is 12.8. The van der Waals surface area contributed by atoms with Gasteiger partial charge < -0.3 is 0 Å². The van der Waals surface area contributed by atoms with Crippen LogP contribution in [0.15, 0.2) is 12.1 Å².